The second-order valence-electron chi connectivity index (χ2n) is 6.76. The van der Waals surface area contributed by atoms with Crippen molar-refractivity contribution in [2.45, 2.75) is 32.8 Å². The number of unbranched alkanes of at least 4 members (excludes halogenated alkanes) is 1. The number of ether oxygens (including phenoxy) is 2. The molecule has 0 amide bonds. The largest absolute Gasteiger partial charge is 0.489 e. The summed E-state index contributed by atoms with van der Waals surface area (Å²) in [5, 5.41) is 8.82. The Morgan fingerprint density at radius 1 is 0.862 bits per heavy atom. The van der Waals surface area contributed by atoms with Gasteiger partial charge in [0, 0.05) is 0 Å². The van der Waals surface area contributed by atoms with Gasteiger partial charge >= 0.3 is 5.97 Å². The van der Waals surface area contributed by atoms with Gasteiger partial charge in [0.15, 0.2) is 0 Å². The Kier molecular flexibility index (Phi) is 7.02. The summed E-state index contributed by atoms with van der Waals surface area (Å²) in [6, 6.07) is 23.8. The average Bonchev–Trinajstić information content (AvgIpc) is 2.78. The molecule has 0 saturated carbocycles. The van der Waals surface area contributed by atoms with Gasteiger partial charge in [-0.25, -0.2) is 4.79 Å². The highest BCUT2D eigenvalue weighted by molar-refractivity contribution is 5.91. The molecule has 0 aliphatic rings. The molecule has 0 aromatic heterocycles. The summed E-state index contributed by atoms with van der Waals surface area (Å²) in [7, 11) is 0. The normalized spacial score (nSPS) is 10.2. The van der Waals surface area contributed by atoms with Crippen molar-refractivity contribution >= 4 is 5.97 Å². The first-order valence-corrected chi connectivity index (χ1v) is 9.71. The molecule has 3 aromatic rings. The smallest absolute Gasteiger partial charge is 0.343 e. The summed E-state index contributed by atoms with van der Waals surface area (Å²) in [5.41, 5.74) is 3.29. The van der Waals surface area contributed by atoms with Crippen molar-refractivity contribution in [3.63, 3.8) is 0 Å². The van der Waals surface area contributed by atoms with Crippen LogP contribution >= 0.6 is 0 Å². The number of benzene rings is 3. The Bertz CT molecular complexity index is 969. The van der Waals surface area contributed by atoms with E-state index >= 15 is 0 Å². The molecule has 4 nitrogen and oxygen atoms in total. The highest BCUT2D eigenvalue weighted by atomic mass is 16.5. The zero-order chi connectivity index (χ0) is 20.5. The molecule has 29 heavy (non-hydrogen) atoms. The van der Waals surface area contributed by atoms with Crippen LogP contribution in [0.1, 0.15) is 46.8 Å². The summed E-state index contributed by atoms with van der Waals surface area (Å²) in [6.07, 6.45) is 3.34. The molecule has 0 spiro atoms. The predicted octanol–water partition coefficient (Wildman–Crippen LogP) is 5.70. The molecule has 0 radical (unpaired) electrons. The van der Waals surface area contributed by atoms with Gasteiger partial charge in [0.25, 0.3) is 0 Å². The zero-order valence-electron chi connectivity index (χ0n) is 16.4. The molecular weight excluding hydrogens is 362 g/mol. The third kappa shape index (κ3) is 5.95. The minimum atomic E-state index is -0.398. The number of nitriles is 1. The maximum atomic E-state index is 12.3. The fourth-order valence-electron chi connectivity index (χ4n) is 2.80. The zero-order valence-corrected chi connectivity index (χ0v) is 16.4. The first-order valence-electron chi connectivity index (χ1n) is 9.71. The van der Waals surface area contributed by atoms with Gasteiger partial charge in [-0.1, -0.05) is 37.6 Å². The van der Waals surface area contributed by atoms with Crippen LogP contribution in [-0.2, 0) is 13.0 Å². The van der Waals surface area contributed by atoms with Gasteiger partial charge in [-0.05, 0) is 72.5 Å². The summed E-state index contributed by atoms with van der Waals surface area (Å²) in [4.78, 5) is 12.3. The highest BCUT2D eigenvalue weighted by Gasteiger charge is 2.09. The number of aryl methyl sites for hydroxylation is 1. The van der Waals surface area contributed by atoms with Gasteiger partial charge in [0.05, 0.1) is 17.2 Å². The molecule has 3 aromatic carbocycles. The van der Waals surface area contributed by atoms with Crippen LogP contribution in [0.4, 0.5) is 0 Å². The van der Waals surface area contributed by atoms with Crippen molar-refractivity contribution in [1.29, 1.82) is 5.26 Å². The second kappa shape index (κ2) is 10.1. The maximum Gasteiger partial charge on any atom is 0.343 e. The van der Waals surface area contributed by atoms with E-state index in [0.717, 1.165) is 24.8 Å². The van der Waals surface area contributed by atoms with Crippen molar-refractivity contribution < 1.29 is 14.3 Å². The van der Waals surface area contributed by atoms with Crippen LogP contribution in [0.2, 0.25) is 0 Å². The van der Waals surface area contributed by atoms with Crippen molar-refractivity contribution in [2.75, 3.05) is 0 Å². The molecule has 0 fully saturated rings. The first kappa shape index (κ1) is 20.2. The van der Waals surface area contributed by atoms with Gasteiger partial charge in [0.2, 0.25) is 0 Å². The van der Waals surface area contributed by atoms with Crippen molar-refractivity contribution in [3.05, 3.63) is 95.1 Å². The number of carbonyl (C=O) groups excluding carboxylic acids is 1. The minimum Gasteiger partial charge on any atom is -0.489 e. The van der Waals surface area contributed by atoms with Crippen molar-refractivity contribution in [3.8, 4) is 17.6 Å². The van der Waals surface area contributed by atoms with Gasteiger partial charge in [-0.3, -0.25) is 0 Å². The van der Waals surface area contributed by atoms with Crippen molar-refractivity contribution in [1.82, 2.24) is 0 Å². The Labute approximate surface area is 171 Å². The van der Waals surface area contributed by atoms with Crippen LogP contribution in [-0.4, -0.2) is 5.97 Å². The number of carbonyl (C=O) groups is 1. The predicted molar refractivity (Wildman–Crippen MR) is 112 cm³/mol. The molecule has 146 valence electrons. The summed E-state index contributed by atoms with van der Waals surface area (Å²) in [6.45, 7) is 2.55. The fourth-order valence-corrected chi connectivity index (χ4v) is 2.80. The molecular formula is C25H23NO3. The van der Waals surface area contributed by atoms with E-state index in [1.807, 2.05) is 36.4 Å². The molecule has 0 heterocycles. The van der Waals surface area contributed by atoms with Crippen LogP contribution < -0.4 is 9.47 Å². The molecule has 0 aliphatic carbocycles. The van der Waals surface area contributed by atoms with E-state index in [-0.39, 0.29) is 0 Å². The second-order valence-corrected chi connectivity index (χ2v) is 6.76. The molecule has 0 aliphatic heterocycles. The van der Waals surface area contributed by atoms with Gasteiger partial charge < -0.3 is 9.47 Å². The molecule has 4 heteroatoms. The van der Waals surface area contributed by atoms with Crippen LogP contribution in [0.25, 0.3) is 0 Å². The van der Waals surface area contributed by atoms with Crippen LogP contribution in [0.5, 0.6) is 11.5 Å². The number of hydrogen-bond donors (Lipinski definition) is 0. The fraction of sp³-hybridized carbons (Fsp3) is 0.200. The Hall–Kier alpha value is -3.58. The van der Waals surface area contributed by atoms with E-state index in [1.54, 1.807) is 36.4 Å². The number of hydrogen-bond acceptors (Lipinski definition) is 4. The van der Waals surface area contributed by atoms with Gasteiger partial charge in [0.1, 0.15) is 18.1 Å². The quantitative estimate of drug-likeness (QED) is 0.369. The molecule has 0 atom stereocenters. The summed E-state index contributed by atoms with van der Waals surface area (Å²) < 4.78 is 11.2. The monoisotopic (exact) mass is 385 g/mol. The number of nitrogens with zero attached hydrogens (tertiary/aromatic N) is 1. The standard InChI is InChI=1S/C25H23NO3/c1-2-3-4-19-9-13-24(14-10-19)29-25(27)22-11-15-23(16-12-22)28-18-21-7-5-20(17-26)6-8-21/h5-16H,2-4,18H2,1H3. The van der Waals surface area contributed by atoms with E-state index in [9.17, 15) is 4.79 Å². The highest BCUT2D eigenvalue weighted by Crippen LogP contribution is 2.18. The van der Waals surface area contributed by atoms with Gasteiger partial charge in [-0.15, -0.1) is 0 Å². The van der Waals surface area contributed by atoms with Crippen molar-refractivity contribution in [2.24, 2.45) is 0 Å². The molecule has 0 bridgehead atoms. The molecule has 0 saturated heterocycles. The SMILES string of the molecule is CCCCc1ccc(OC(=O)c2ccc(OCc3ccc(C#N)cc3)cc2)cc1. The summed E-state index contributed by atoms with van der Waals surface area (Å²) >= 11 is 0. The Morgan fingerprint density at radius 3 is 2.10 bits per heavy atom. The van der Waals surface area contributed by atoms with E-state index in [2.05, 4.69) is 13.0 Å². The van der Waals surface area contributed by atoms with E-state index in [4.69, 9.17) is 14.7 Å². The Morgan fingerprint density at radius 2 is 1.48 bits per heavy atom. The van der Waals surface area contributed by atoms with Crippen LogP contribution in [0.15, 0.2) is 72.8 Å². The lowest BCUT2D eigenvalue weighted by atomic mass is 10.1. The lowest BCUT2D eigenvalue weighted by molar-refractivity contribution is 0.0734. The maximum absolute atomic E-state index is 12.3. The average molecular weight is 385 g/mol. The van der Waals surface area contributed by atoms with E-state index < -0.39 is 5.97 Å². The first-order chi connectivity index (χ1) is 14.2. The number of rotatable bonds is 8. The summed E-state index contributed by atoms with van der Waals surface area (Å²) in [5.74, 6) is 0.799. The van der Waals surface area contributed by atoms with E-state index in [1.165, 1.54) is 5.56 Å². The van der Waals surface area contributed by atoms with Crippen LogP contribution in [0.3, 0.4) is 0 Å². The van der Waals surface area contributed by atoms with Gasteiger partial charge in [-0.2, -0.15) is 5.26 Å². The third-order valence-corrected chi connectivity index (χ3v) is 4.53. The van der Waals surface area contributed by atoms with Crippen LogP contribution in [0, 0.1) is 11.3 Å². The lowest BCUT2D eigenvalue weighted by Crippen LogP contribution is -2.08. The molecule has 0 N–H and O–H groups in total. The molecule has 3 rings (SSSR count). The minimum absolute atomic E-state index is 0.389. The Balaban J connectivity index is 1.53. The third-order valence-electron chi connectivity index (χ3n) is 4.53. The van der Waals surface area contributed by atoms with E-state index in [0.29, 0.717) is 29.2 Å². The lowest BCUT2D eigenvalue weighted by Gasteiger charge is -2.08. The topological polar surface area (TPSA) is 59.3 Å². The number of esters is 1. The molecule has 0 unspecified atom stereocenters.